The van der Waals surface area contributed by atoms with Gasteiger partial charge in [-0.2, -0.15) is 0 Å². The molecule has 4 N–H and O–H groups in total. The van der Waals surface area contributed by atoms with Crippen molar-refractivity contribution in [2.75, 3.05) is 24.3 Å². The summed E-state index contributed by atoms with van der Waals surface area (Å²) in [6.45, 7) is 0. The summed E-state index contributed by atoms with van der Waals surface area (Å²) in [6.07, 6.45) is 3.52. The number of thioether (sulfide) groups is 2. The van der Waals surface area contributed by atoms with Gasteiger partial charge in [-0.05, 0) is 29.2 Å². The van der Waals surface area contributed by atoms with E-state index < -0.39 is 29.2 Å². The van der Waals surface area contributed by atoms with Crippen molar-refractivity contribution in [3.05, 3.63) is 57.8 Å². The molecule has 0 spiro atoms. The van der Waals surface area contributed by atoms with Crippen molar-refractivity contribution in [1.82, 2.24) is 20.2 Å². The first kappa shape index (κ1) is 24.8. The number of nitrogens with zero attached hydrogens (tertiary/aromatic N) is 4. The summed E-state index contributed by atoms with van der Waals surface area (Å²) in [6, 6.07) is 4.66. The Hall–Kier alpha value is -3.36. The number of amides is 2. The number of aliphatic carboxylic acids is 1. The molecule has 0 bridgehead atoms. The van der Waals surface area contributed by atoms with Gasteiger partial charge in [0, 0.05) is 23.1 Å². The Labute approximate surface area is 212 Å². The van der Waals surface area contributed by atoms with Gasteiger partial charge in [0.25, 0.3) is 11.8 Å². The lowest BCUT2D eigenvalue weighted by Crippen LogP contribution is -2.71. The van der Waals surface area contributed by atoms with Crippen LogP contribution in [-0.2, 0) is 19.2 Å². The highest BCUT2D eigenvalue weighted by atomic mass is 32.2. The molecular weight excluding hydrogens is 512 g/mol. The predicted molar refractivity (Wildman–Crippen MR) is 135 cm³/mol. The minimum Gasteiger partial charge on any atom is -0.477 e. The number of β-lactam (4-membered cyclic amide) rings is 1. The van der Waals surface area contributed by atoms with Crippen molar-refractivity contribution in [2.45, 2.75) is 11.4 Å². The molecule has 0 saturated carbocycles. The van der Waals surface area contributed by atoms with Crippen LogP contribution in [0.15, 0.2) is 51.6 Å². The first-order valence-corrected chi connectivity index (χ1v) is 13.1. The second kappa shape index (κ2) is 10.9. The standard InChI is InChI=1S/C21H20N6O5S3/c1-32-26-14(13-10-35-21(22)24-13)17(28)25-15-18(29)27-16(20(30)31)11(9-34-19(15)27)8-33-7-5-12-4-2-3-6-23-12/h2-7,10,15,19H,8-9H2,1H3,(H2,22,24)(H,25,28)(H,30,31)/b7-5-,26-14?/t15?,19-/m1/s1. The summed E-state index contributed by atoms with van der Waals surface area (Å²) in [5.74, 6) is -1.54. The smallest absolute Gasteiger partial charge is 0.352 e. The van der Waals surface area contributed by atoms with Crippen LogP contribution in [0.3, 0.4) is 0 Å². The second-order valence-corrected chi connectivity index (χ2v) is 10.1. The van der Waals surface area contributed by atoms with E-state index in [0.717, 1.165) is 17.0 Å². The van der Waals surface area contributed by atoms with Crippen LogP contribution in [0.4, 0.5) is 5.13 Å². The number of nitrogens with one attached hydrogen (secondary N) is 1. The van der Waals surface area contributed by atoms with Crippen molar-refractivity contribution in [2.24, 2.45) is 5.16 Å². The molecule has 2 amide bonds. The van der Waals surface area contributed by atoms with E-state index >= 15 is 0 Å². The molecule has 2 aromatic rings. The highest BCUT2D eigenvalue weighted by molar-refractivity contribution is 8.02. The molecular formula is C21H20N6O5S3. The van der Waals surface area contributed by atoms with Crippen molar-refractivity contribution in [3.63, 3.8) is 0 Å². The normalized spacial score (nSPS) is 20.0. The number of pyridine rings is 1. The molecule has 1 fully saturated rings. The zero-order valence-electron chi connectivity index (χ0n) is 18.3. The van der Waals surface area contributed by atoms with Crippen LogP contribution in [0.25, 0.3) is 6.08 Å². The Morgan fingerprint density at radius 1 is 1.46 bits per heavy atom. The van der Waals surface area contributed by atoms with Crippen LogP contribution in [0, 0.1) is 0 Å². The summed E-state index contributed by atoms with van der Waals surface area (Å²) < 4.78 is 0. The summed E-state index contributed by atoms with van der Waals surface area (Å²) >= 11 is 3.94. The fourth-order valence-corrected chi connectivity index (χ4v) is 6.23. The number of aromatic nitrogens is 2. The first-order valence-electron chi connectivity index (χ1n) is 10.1. The van der Waals surface area contributed by atoms with E-state index in [2.05, 4.69) is 20.4 Å². The lowest BCUT2D eigenvalue weighted by atomic mass is 10.0. The fourth-order valence-electron chi connectivity index (χ4n) is 3.44. The molecule has 0 aliphatic carbocycles. The zero-order chi connectivity index (χ0) is 24.9. The SMILES string of the molecule is CON=C(C(=O)NC1C(=O)N2C(C(=O)O)=C(CS/C=C\c3ccccn3)CS[C@H]12)c1csc(N)n1. The maximum atomic E-state index is 12.9. The van der Waals surface area contributed by atoms with Gasteiger partial charge >= 0.3 is 5.97 Å². The minimum absolute atomic E-state index is 0.0407. The third kappa shape index (κ3) is 5.33. The van der Waals surface area contributed by atoms with E-state index in [-0.39, 0.29) is 22.2 Å². The van der Waals surface area contributed by atoms with E-state index in [4.69, 9.17) is 10.6 Å². The maximum absolute atomic E-state index is 12.9. The Kier molecular flexibility index (Phi) is 7.73. The molecule has 0 aromatic carbocycles. The van der Waals surface area contributed by atoms with E-state index in [1.165, 1.54) is 35.5 Å². The van der Waals surface area contributed by atoms with Crippen LogP contribution in [-0.4, -0.2) is 73.5 Å². The quantitative estimate of drug-likeness (QED) is 0.246. The average Bonchev–Trinajstić information content (AvgIpc) is 3.29. The molecule has 0 radical (unpaired) electrons. The summed E-state index contributed by atoms with van der Waals surface area (Å²) in [5.41, 5.74) is 7.11. The first-order chi connectivity index (χ1) is 16.9. The van der Waals surface area contributed by atoms with E-state index in [0.29, 0.717) is 17.1 Å². The topological polar surface area (TPSA) is 160 Å². The van der Waals surface area contributed by atoms with Crippen LogP contribution in [0.5, 0.6) is 0 Å². The molecule has 2 aromatic heterocycles. The van der Waals surface area contributed by atoms with Gasteiger partial charge in [0.15, 0.2) is 10.8 Å². The number of nitrogen functional groups attached to an aromatic ring is 1. The van der Waals surface area contributed by atoms with Gasteiger partial charge in [0.1, 0.15) is 29.9 Å². The van der Waals surface area contributed by atoms with Crippen LogP contribution in [0.2, 0.25) is 0 Å². The van der Waals surface area contributed by atoms with E-state index in [1.54, 1.807) is 11.6 Å². The summed E-state index contributed by atoms with van der Waals surface area (Å²) in [4.78, 5) is 51.9. The van der Waals surface area contributed by atoms with E-state index in [1.807, 2.05) is 29.7 Å². The number of fused-ring (bicyclic) bond motifs is 1. The molecule has 35 heavy (non-hydrogen) atoms. The van der Waals surface area contributed by atoms with Crippen LogP contribution in [0.1, 0.15) is 11.4 Å². The number of nitrogens with two attached hydrogens (primary N) is 1. The van der Waals surface area contributed by atoms with Crippen molar-refractivity contribution in [1.29, 1.82) is 0 Å². The third-order valence-corrected chi connectivity index (χ3v) is 7.84. The highest BCUT2D eigenvalue weighted by Crippen LogP contribution is 2.41. The number of anilines is 1. The van der Waals surface area contributed by atoms with Crippen LogP contribution >= 0.6 is 34.9 Å². The van der Waals surface area contributed by atoms with Crippen molar-refractivity contribution in [3.8, 4) is 0 Å². The van der Waals surface area contributed by atoms with Gasteiger partial charge in [-0.15, -0.1) is 34.9 Å². The van der Waals surface area contributed by atoms with Gasteiger partial charge in [0.2, 0.25) is 0 Å². The number of hydrogen-bond acceptors (Lipinski definition) is 11. The lowest BCUT2D eigenvalue weighted by Gasteiger charge is -2.49. The third-order valence-electron chi connectivity index (χ3n) is 4.98. The summed E-state index contributed by atoms with van der Waals surface area (Å²) in [7, 11) is 1.28. The molecule has 182 valence electrons. The predicted octanol–water partition coefficient (Wildman–Crippen LogP) is 1.61. The number of carbonyl (C=O) groups is 3. The number of carboxylic acids is 1. The minimum atomic E-state index is -1.18. The molecule has 14 heteroatoms. The monoisotopic (exact) mass is 532 g/mol. The van der Waals surface area contributed by atoms with Gasteiger partial charge in [-0.1, -0.05) is 11.2 Å². The Morgan fingerprint density at radius 2 is 2.29 bits per heavy atom. The van der Waals surface area contributed by atoms with Gasteiger partial charge in [-0.3, -0.25) is 19.5 Å². The maximum Gasteiger partial charge on any atom is 0.352 e. The van der Waals surface area contributed by atoms with Gasteiger partial charge < -0.3 is 21.0 Å². The Bertz CT molecular complexity index is 1230. The van der Waals surface area contributed by atoms with Crippen molar-refractivity contribution < 1.29 is 24.3 Å². The Morgan fingerprint density at radius 3 is 2.94 bits per heavy atom. The number of hydrogen-bond donors (Lipinski definition) is 3. The number of carboxylic acid groups (broad SMARTS) is 1. The molecule has 2 atom stereocenters. The average molecular weight is 533 g/mol. The second-order valence-electron chi connectivity index (χ2n) is 7.18. The molecule has 4 heterocycles. The molecule has 4 rings (SSSR count). The largest absolute Gasteiger partial charge is 0.477 e. The summed E-state index contributed by atoms with van der Waals surface area (Å²) in [5, 5.41) is 19.3. The van der Waals surface area contributed by atoms with Crippen LogP contribution < -0.4 is 11.1 Å². The molecule has 11 nitrogen and oxygen atoms in total. The number of thiazole rings is 1. The van der Waals surface area contributed by atoms with Gasteiger partial charge in [-0.25, -0.2) is 9.78 Å². The lowest BCUT2D eigenvalue weighted by molar-refractivity contribution is -0.150. The number of carbonyl (C=O) groups excluding carboxylic acids is 2. The van der Waals surface area contributed by atoms with E-state index in [9.17, 15) is 19.5 Å². The molecule has 2 aliphatic heterocycles. The number of oxime groups is 1. The molecule has 1 unspecified atom stereocenters. The highest BCUT2D eigenvalue weighted by Gasteiger charge is 2.54. The van der Waals surface area contributed by atoms with Gasteiger partial charge in [0.05, 0.1) is 5.69 Å². The fraction of sp³-hybridized carbons (Fsp3) is 0.238. The van der Waals surface area contributed by atoms with Crippen molar-refractivity contribution >= 4 is 69.6 Å². The molecule has 2 aliphatic rings. The zero-order valence-corrected chi connectivity index (χ0v) is 20.7. The Balaban J connectivity index is 1.44. The molecule has 1 saturated heterocycles. The number of rotatable bonds is 9.